The van der Waals surface area contributed by atoms with Crippen LogP contribution < -0.4 is 4.74 Å². The zero-order chi connectivity index (χ0) is 21.7. The minimum atomic E-state index is -0.949. The maximum atomic E-state index is 13.1. The number of fused-ring (bicyclic) bond motifs is 1. The second-order valence-electron chi connectivity index (χ2n) is 7.18. The predicted molar refractivity (Wildman–Crippen MR) is 118 cm³/mol. The molecular weight excluding hydrogens is 374 g/mol. The van der Waals surface area contributed by atoms with Crippen molar-refractivity contribution in [1.82, 2.24) is 4.90 Å². The zero-order valence-electron chi connectivity index (χ0n) is 17.9. The van der Waals surface area contributed by atoms with E-state index in [0.717, 1.165) is 22.3 Å². The Morgan fingerprint density at radius 3 is 2.17 bits per heavy atom. The van der Waals surface area contributed by atoms with Crippen molar-refractivity contribution in [2.75, 3.05) is 0 Å². The van der Waals surface area contributed by atoms with Gasteiger partial charge in [0.2, 0.25) is 5.91 Å². The Morgan fingerprint density at radius 2 is 1.50 bits per heavy atom. The van der Waals surface area contributed by atoms with Gasteiger partial charge in [-0.2, -0.15) is 0 Å². The Kier molecular flexibility index (Phi) is 6.36. The van der Waals surface area contributed by atoms with E-state index in [1.54, 1.807) is 12.1 Å². The predicted octanol–water partition coefficient (Wildman–Crippen LogP) is 5.87. The van der Waals surface area contributed by atoms with Crippen molar-refractivity contribution in [3.05, 3.63) is 101 Å². The average molecular weight is 402 g/mol. The van der Waals surface area contributed by atoms with Crippen molar-refractivity contribution < 1.29 is 14.3 Å². The van der Waals surface area contributed by atoms with Crippen molar-refractivity contribution >= 4 is 12.0 Å². The highest BCUT2D eigenvalue weighted by Crippen LogP contribution is 2.41. The topological polar surface area (TPSA) is 46.6 Å². The fraction of sp³-hybridized carbons (Fsp3) is 0.231. The van der Waals surface area contributed by atoms with Gasteiger partial charge < -0.3 is 4.74 Å². The summed E-state index contributed by atoms with van der Waals surface area (Å²) in [6.45, 7) is 7.86. The molecule has 4 rings (SSSR count). The van der Waals surface area contributed by atoms with Crippen LogP contribution in [-0.2, 0) is 16.8 Å². The quantitative estimate of drug-likeness (QED) is 0.540. The van der Waals surface area contributed by atoms with Crippen LogP contribution in [0.3, 0.4) is 0 Å². The van der Waals surface area contributed by atoms with Gasteiger partial charge in [-0.05, 0) is 42.7 Å². The SMILES string of the molecule is CC.Cc1ccc(OC(=O)N2C(=O)Cc3ccccc3C2(C)c2ccccc2)cc1. The van der Waals surface area contributed by atoms with Gasteiger partial charge in [0.25, 0.3) is 0 Å². The maximum absolute atomic E-state index is 13.1. The van der Waals surface area contributed by atoms with Gasteiger partial charge in [0.15, 0.2) is 0 Å². The smallest absolute Gasteiger partial charge is 0.410 e. The van der Waals surface area contributed by atoms with Crippen LogP contribution >= 0.6 is 0 Å². The highest BCUT2D eigenvalue weighted by atomic mass is 16.6. The van der Waals surface area contributed by atoms with Crippen LogP contribution in [0, 0.1) is 6.92 Å². The summed E-state index contributed by atoms with van der Waals surface area (Å²) in [4.78, 5) is 27.5. The molecule has 3 aromatic carbocycles. The number of imide groups is 1. The number of ether oxygens (including phenoxy) is 1. The monoisotopic (exact) mass is 401 g/mol. The van der Waals surface area contributed by atoms with Crippen LogP contribution in [-0.4, -0.2) is 16.9 Å². The van der Waals surface area contributed by atoms with E-state index >= 15 is 0 Å². The third-order valence-electron chi connectivity index (χ3n) is 5.32. The van der Waals surface area contributed by atoms with Crippen LogP contribution in [0.15, 0.2) is 78.9 Å². The molecule has 154 valence electrons. The molecule has 0 fully saturated rings. The van der Waals surface area contributed by atoms with Crippen LogP contribution in [0.2, 0.25) is 0 Å². The summed E-state index contributed by atoms with van der Waals surface area (Å²) in [5.41, 5.74) is 2.84. The summed E-state index contributed by atoms with van der Waals surface area (Å²) < 4.78 is 5.58. The molecule has 0 saturated heterocycles. The van der Waals surface area contributed by atoms with E-state index in [4.69, 9.17) is 4.74 Å². The van der Waals surface area contributed by atoms with E-state index in [9.17, 15) is 9.59 Å². The average Bonchev–Trinajstić information content (AvgIpc) is 2.77. The zero-order valence-corrected chi connectivity index (χ0v) is 17.9. The fourth-order valence-corrected chi connectivity index (χ4v) is 3.85. The fourth-order valence-electron chi connectivity index (χ4n) is 3.85. The van der Waals surface area contributed by atoms with Gasteiger partial charge in [0, 0.05) is 0 Å². The van der Waals surface area contributed by atoms with E-state index < -0.39 is 11.6 Å². The number of aryl methyl sites for hydroxylation is 1. The summed E-state index contributed by atoms with van der Waals surface area (Å²) in [5, 5.41) is 0. The van der Waals surface area contributed by atoms with E-state index in [1.807, 2.05) is 94.4 Å². The molecule has 2 amide bonds. The van der Waals surface area contributed by atoms with Gasteiger partial charge in [-0.25, -0.2) is 9.69 Å². The maximum Gasteiger partial charge on any atom is 0.423 e. The molecule has 0 bridgehead atoms. The molecule has 1 aliphatic heterocycles. The summed E-state index contributed by atoms with van der Waals surface area (Å²) in [7, 11) is 0. The Hall–Kier alpha value is -3.40. The first-order valence-corrected chi connectivity index (χ1v) is 10.3. The van der Waals surface area contributed by atoms with Crippen molar-refractivity contribution in [3.63, 3.8) is 0 Å². The molecule has 30 heavy (non-hydrogen) atoms. The van der Waals surface area contributed by atoms with Crippen LogP contribution in [0.1, 0.15) is 43.0 Å². The van der Waals surface area contributed by atoms with Crippen molar-refractivity contribution in [1.29, 1.82) is 0 Å². The molecular formula is C26H27NO3. The number of benzene rings is 3. The molecule has 0 saturated carbocycles. The largest absolute Gasteiger partial charge is 0.423 e. The molecule has 0 radical (unpaired) electrons. The minimum Gasteiger partial charge on any atom is -0.410 e. The lowest BCUT2D eigenvalue weighted by Gasteiger charge is -2.44. The summed E-state index contributed by atoms with van der Waals surface area (Å²) >= 11 is 0. The summed E-state index contributed by atoms with van der Waals surface area (Å²) in [5.74, 6) is 0.139. The molecule has 1 heterocycles. The number of carbonyl (C=O) groups is 2. The lowest BCUT2D eigenvalue weighted by molar-refractivity contribution is -0.133. The molecule has 1 unspecified atom stereocenters. The molecule has 0 N–H and O–H groups in total. The Balaban J connectivity index is 0.00000124. The second-order valence-corrected chi connectivity index (χ2v) is 7.18. The first kappa shape index (κ1) is 21.3. The van der Waals surface area contributed by atoms with Gasteiger partial charge in [-0.3, -0.25) is 4.79 Å². The number of nitrogens with zero attached hydrogens (tertiary/aromatic N) is 1. The lowest BCUT2D eigenvalue weighted by Crippen LogP contribution is -2.56. The molecule has 3 aromatic rings. The van der Waals surface area contributed by atoms with Gasteiger partial charge in [0.05, 0.1) is 6.42 Å². The first-order valence-electron chi connectivity index (χ1n) is 10.3. The van der Waals surface area contributed by atoms with Crippen molar-refractivity contribution in [2.24, 2.45) is 0 Å². The third kappa shape index (κ3) is 3.86. The molecule has 0 spiro atoms. The van der Waals surface area contributed by atoms with Crippen LogP contribution in [0.4, 0.5) is 4.79 Å². The molecule has 1 aliphatic rings. The third-order valence-corrected chi connectivity index (χ3v) is 5.32. The van der Waals surface area contributed by atoms with Gasteiger partial charge >= 0.3 is 6.09 Å². The Bertz CT molecular complexity index is 1030. The van der Waals surface area contributed by atoms with E-state index in [-0.39, 0.29) is 12.3 Å². The van der Waals surface area contributed by atoms with Gasteiger partial charge in [0.1, 0.15) is 11.3 Å². The number of hydrogen-bond donors (Lipinski definition) is 0. The van der Waals surface area contributed by atoms with E-state index in [1.165, 1.54) is 4.90 Å². The summed E-state index contributed by atoms with van der Waals surface area (Å²) in [6.07, 6.45) is -0.503. The van der Waals surface area contributed by atoms with Crippen molar-refractivity contribution in [3.8, 4) is 5.75 Å². The highest BCUT2D eigenvalue weighted by Gasteiger charge is 2.48. The normalized spacial score (nSPS) is 17.5. The number of rotatable bonds is 2. The van der Waals surface area contributed by atoms with Gasteiger partial charge in [-0.15, -0.1) is 0 Å². The minimum absolute atomic E-state index is 0.168. The molecule has 0 aliphatic carbocycles. The molecule has 0 aromatic heterocycles. The standard InChI is InChI=1S/C24H21NO3.C2H6/c1-17-12-14-20(15-13-17)28-23(27)25-22(26)16-18-8-6-7-11-21(18)24(25,2)19-9-4-3-5-10-19;1-2/h3-15H,16H2,1-2H3;1-2H3. The molecule has 4 heteroatoms. The lowest BCUT2D eigenvalue weighted by atomic mass is 9.77. The highest BCUT2D eigenvalue weighted by molar-refractivity contribution is 5.97. The summed E-state index contributed by atoms with van der Waals surface area (Å²) in [6, 6.07) is 24.6. The Labute approximate surface area is 178 Å². The second kappa shape index (κ2) is 8.95. The van der Waals surface area contributed by atoms with Gasteiger partial charge in [-0.1, -0.05) is 86.1 Å². The van der Waals surface area contributed by atoms with Crippen LogP contribution in [0.5, 0.6) is 5.75 Å². The number of carbonyl (C=O) groups excluding carboxylic acids is 2. The van der Waals surface area contributed by atoms with E-state index in [0.29, 0.717) is 5.75 Å². The number of hydrogen-bond acceptors (Lipinski definition) is 3. The molecule has 4 nitrogen and oxygen atoms in total. The first-order chi connectivity index (χ1) is 14.5. The van der Waals surface area contributed by atoms with E-state index in [2.05, 4.69) is 0 Å². The molecule has 1 atom stereocenters. The Morgan fingerprint density at radius 1 is 0.900 bits per heavy atom. The number of amides is 2. The van der Waals surface area contributed by atoms with Crippen LogP contribution in [0.25, 0.3) is 0 Å². The van der Waals surface area contributed by atoms with Crippen molar-refractivity contribution in [2.45, 2.75) is 39.7 Å².